The van der Waals surface area contributed by atoms with Gasteiger partial charge in [0.1, 0.15) is 5.69 Å². The van der Waals surface area contributed by atoms with Crippen LogP contribution in [-0.2, 0) is 9.53 Å². The number of aromatic nitrogens is 1. The van der Waals surface area contributed by atoms with Crippen molar-refractivity contribution in [1.29, 1.82) is 0 Å². The number of aryl methyl sites for hydroxylation is 1. The number of esters is 1. The third kappa shape index (κ3) is 4.25. The Morgan fingerprint density at radius 3 is 2.54 bits per heavy atom. The number of para-hydroxylation sites is 1. The number of carbonyl (C=O) groups excluding carboxylic acids is 2. The molecule has 0 bridgehead atoms. The zero-order valence-corrected chi connectivity index (χ0v) is 14.7. The predicted molar refractivity (Wildman–Crippen MR) is 99.8 cm³/mol. The molecule has 0 aliphatic rings. The van der Waals surface area contributed by atoms with E-state index in [0.29, 0.717) is 5.52 Å². The quantitative estimate of drug-likeness (QED) is 0.716. The van der Waals surface area contributed by atoms with E-state index in [-0.39, 0.29) is 24.2 Å². The van der Waals surface area contributed by atoms with Gasteiger partial charge < -0.3 is 10.1 Å². The molecule has 132 valence electrons. The van der Waals surface area contributed by atoms with Crippen LogP contribution in [0.5, 0.6) is 0 Å². The van der Waals surface area contributed by atoms with Crippen LogP contribution in [0.25, 0.3) is 10.9 Å². The first-order valence-electron chi connectivity index (χ1n) is 8.42. The number of rotatable bonds is 5. The average Bonchev–Trinajstić information content (AvgIpc) is 2.66. The Morgan fingerprint density at radius 2 is 1.77 bits per heavy atom. The minimum Gasteiger partial charge on any atom is -0.451 e. The maximum absolute atomic E-state index is 12.1. The van der Waals surface area contributed by atoms with E-state index in [9.17, 15) is 9.59 Å². The summed E-state index contributed by atoms with van der Waals surface area (Å²) in [7, 11) is 0. The van der Waals surface area contributed by atoms with Crippen LogP contribution in [0.15, 0.2) is 60.7 Å². The normalized spacial score (nSPS) is 11.8. The number of hydrogen-bond acceptors (Lipinski definition) is 4. The van der Waals surface area contributed by atoms with Gasteiger partial charge in [-0.3, -0.25) is 4.79 Å². The minimum atomic E-state index is -0.617. The predicted octanol–water partition coefficient (Wildman–Crippen LogP) is 3.58. The summed E-state index contributed by atoms with van der Waals surface area (Å²) in [6.45, 7) is 3.55. The van der Waals surface area contributed by atoms with E-state index >= 15 is 0 Å². The lowest BCUT2D eigenvalue weighted by molar-refractivity contribution is -0.124. The molecular weight excluding hydrogens is 328 g/mol. The molecule has 0 radical (unpaired) electrons. The summed E-state index contributed by atoms with van der Waals surface area (Å²) >= 11 is 0. The summed E-state index contributed by atoms with van der Waals surface area (Å²) in [5.74, 6) is -0.971. The number of amides is 1. The van der Waals surface area contributed by atoms with Gasteiger partial charge in [-0.25, -0.2) is 9.78 Å². The number of hydrogen-bond donors (Lipinski definition) is 1. The number of nitrogens with one attached hydrogen (secondary N) is 1. The van der Waals surface area contributed by atoms with E-state index in [2.05, 4.69) is 10.3 Å². The molecule has 1 N–H and O–H groups in total. The zero-order valence-electron chi connectivity index (χ0n) is 14.7. The van der Waals surface area contributed by atoms with Gasteiger partial charge in [0, 0.05) is 5.39 Å². The van der Waals surface area contributed by atoms with Gasteiger partial charge in [-0.1, -0.05) is 54.1 Å². The highest BCUT2D eigenvalue weighted by Gasteiger charge is 2.14. The van der Waals surface area contributed by atoms with Crippen molar-refractivity contribution in [3.8, 4) is 0 Å². The van der Waals surface area contributed by atoms with Crippen molar-refractivity contribution in [1.82, 2.24) is 10.3 Å². The van der Waals surface area contributed by atoms with E-state index in [4.69, 9.17) is 4.74 Å². The first-order chi connectivity index (χ1) is 12.5. The van der Waals surface area contributed by atoms with Crippen LogP contribution in [0.4, 0.5) is 0 Å². The van der Waals surface area contributed by atoms with Crippen molar-refractivity contribution in [3.63, 3.8) is 0 Å². The van der Waals surface area contributed by atoms with Crippen LogP contribution in [0.3, 0.4) is 0 Å². The smallest absolute Gasteiger partial charge is 0.357 e. The fourth-order valence-electron chi connectivity index (χ4n) is 2.61. The number of nitrogens with zero attached hydrogens (tertiary/aromatic N) is 1. The summed E-state index contributed by atoms with van der Waals surface area (Å²) in [6.07, 6.45) is 0. The number of carbonyl (C=O) groups is 2. The van der Waals surface area contributed by atoms with Gasteiger partial charge in [0.05, 0.1) is 11.6 Å². The number of benzene rings is 2. The Morgan fingerprint density at radius 1 is 1.04 bits per heavy atom. The van der Waals surface area contributed by atoms with Crippen molar-refractivity contribution >= 4 is 22.8 Å². The summed E-state index contributed by atoms with van der Waals surface area (Å²) < 4.78 is 5.08. The van der Waals surface area contributed by atoms with Crippen molar-refractivity contribution < 1.29 is 14.3 Å². The van der Waals surface area contributed by atoms with Gasteiger partial charge in [-0.2, -0.15) is 0 Å². The van der Waals surface area contributed by atoms with E-state index in [1.165, 1.54) is 0 Å². The average molecular weight is 348 g/mol. The molecule has 1 amide bonds. The number of ether oxygens (including phenoxy) is 1. The second kappa shape index (κ2) is 7.78. The topological polar surface area (TPSA) is 68.3 Å². The summed E-state index contributed by atoms with van der Waals surface area (Å²) in [6, 6.07) is 18.6. The van der Waals surface area contributed by atoms with E-state index < -0.39 is 5.97 Å². The van der Waals surface area contributed by atoms with E-state index in [1.54, 1.807) is 12.1 Å². The van der Waals surface area contributed by atoms with Gasteiger partial charge in [-0.15, -0.1) is 0 Å². The molecular formula is C21H20N2O3. The molecule has 0 fully saturated rings. The molecule has 3 rings (SSSR count). The molecule has 1 aromatic heterocycles. The van der Waals surface area contributed by atoms with Crippen LogP contribution in [0, 0.1) is 6.92 Å². The lowest BCUT2D eigenvalue weighted by Gasteiger charge is -2.14. The Kier molecular flexibility index (Phi) is 5.27. The van der Waals surface area contributed by atoms with Crippen LogP contribution in [-0.4, -0.2) is 23.5 Å². The molecule has 1 heterocycles. The lowest BCUT2D eigenvalue weighted by atomic mass is 10.1. The summed E-state index contributed by atoms with van der Waals surface area (Å²) in [4.78, 5) is 28.4. The highest BCUT2D eigenvalue weighted by molar-refractivity contribution is 5.92. The lowest BCUT2D eigenvalue weighted by Crippen LogP contribution is -2.31. The molecule has 0 spiro atoms. The second-order valence-electron chi connectivity index (χ2n) is 6.17. The van der Waals surface area contributed by atoms with Gasteiger partial charge in [0.15, 0.2) is 6.61 Å². The van der Waals surface area contributed by atoms with Crippen LogP contribution in [0.1, 0.15) is 34.6 Å². The third-order valence-electron chi connectivity index (χ3n) is 4.10. The van der Waals surface area contributed by atoms with Gasteiger partial charge >= 0.3 is 5.97 Å². The molecule has 0 aliphatic heterocycles. The standard InChI is InChI=1S/C21H20N2O3/c1-14-7-9-16(10-8-14)15(2)22-20(24)13-26-21(25)19-12-11-17-5-3-4-6-18(17)23-19/h3-12,15H,13H2,1-2H3,(H,22,24)/t15-/m1/s1. The first-order valence-corrected chi connectivity index (χ1v) is 8.42. The maximum Gasteiger partial charge on any atom is 0.357 e. The van der Waals surface area contributed by atoms with E-state index in [1.807, 2.05) is 62.4 Å². The fraction of sp³-hybridized carbons (Fsp3) is 0.190. The summed E-state index contributed by atoms with van der Waals surface area (Å²) in [5, 5.41) is 3.75. The van der Waals surface area contributed by atoms with Gasteiger partial charge in [0.25, 0.3) is 5.91 Å². The third-order valence-corrected chi connectivity index (χ3v) is 4.10. The monoisotopic (exact) mass is 348 g/mol. The highest BCUT2D eigenvalue weighted by Crippen LogP contribution is 2.14. The van der Waals surface area contributed by atoms with Gasteiger partial charge in [-0.05, 0) is 31.5 Å². The Hall–Kier alpha value is -3.21. The van der Waals surface area contributed by atoms with Gasteiger partial charge in [0.2, 0.25) is 0 Å². The van der Waals surface area contributed by atoms with Crippen LogP contribution < -0.4 is 5.32 Å². The molecule has 26 heavy (non-hydrogen) atoms. The van der Waals surface area contributed by atoms with E-state index in [0.717, 1.165) is 16.5 Å². The molecule has 0 aliphatic carbocycles. The summed E-state index contributed by atoms with van der Waals surface area (Å²) in [5.41, 5.74) is 3.04. The molecule has 1 atom stereocenters. The van der Waals surface area contributed by atoms with Crippen LogP contribution in [0.2, 0.25) is 0 Å². The maximum atomic E-state index is 12.1. The Labute approximate surface area is 152 Å². The molecule has 5 nitrogen and oxygen atoms in total. The molecule has 5 heteroatoms. The molecule has 0 saturated carbocycles. The van der Waals surface area contributed by atoms with Crippen molar-refractivity contribution in [2.24, 2.45) is 0 Å². The molecule has 0 unspecified atom stereocenters. The van der Waals surface area contributed by atoms with Crippen molar-refractivity contribution in [2.45, 2.75) is 19.9 Å². The van der Waals surface area contributed by atoms with Crippen molar-refractivity contribution in [3.05, 3.63) is 77.5 Å². The Balaban J connectivity index is 1.56. The van der Waals surface area contributed by atoms with Crippen molar-refractivity contribution in [2.75, 3.05) is 6.61 Å². The zero-order chi connectivity index (χ0) is 18.5. The molecule has 3 aromatic rings. The second-order valence-corrected chi connectivity index (χ2v) is 6.17. The Bertz CT molecular complexity index is 935. The van der Waals surface area contributed by atoms with Crippen LogP contribution >= 0.6 is 0 Å². The highest BCUT2D eigenvalue weighted by atomic mass is 16.5. The SMILES string of the molecule is Cc1ccc([C@@H](C)NC(=O)COC(=O)c2ccc3ccccc3n2)cc1. The molecule has 2 aromatic carbocycles. The minimum absolute atomic E-state index is 0.166. The largest absolute Gasteiger partial charge is 0.451 e. The number of fused-ring (bicyclic) bond motifs is 1. The first kappa shape index (κ1) is 17.6. The fourth-order valence-corrected chi connectivity index (χ4v) is 2.61. The molecule has 0 saturated heterocycles. The number of pyridine rings is 1.